The summed E-state index contributed by atoms with van der Waals surface area (Å²) in [6.45, 7) is 2.63. The van der Waals surface area contributed by atoms with E-state index in [4.69, 9.17) is 27.7 Å². The Labute approximate surface area is 102 Å². The normalized spacial score (nSPS) is 10.4. The van der Waals surface area contributed by atoms with Crippen molar-refractivity contribution in [2.45, 2.75) is 6.92 Å². The van der Waals surface area contributed by atoms with Gasteiger partial charge in [0.15, 0.2) is 0 Å². The Morgan fingerprint density at radius 3 is 2.94 bits per heavy atom. The fourth-order valence-electron chi connectivity index (χ4n) is 1.12. The molecule has 7 heteroatoms. The molecule has 0 aromatic carbocycles. The molecule has 0 radical (unpaired) electrons. The van der Waals surface area contributed by atoms with Crippen molar-refractivity contribution in [1.29, 1.82) is 0 Å². The minimum Gasteiger partial charge on any atom is -0.338 e. The summed E-state index contributed by atoms with van der Waals surface area (Å²) in [7, 11) is 0. The Kier molecular flexibility index (Phi) is 3.26. The highest BCUT2D eigenvalue weighted by Crippen LogP contribution is 2.26. The van der Waals surface area contributed by atoms with Crippen LogP contribution < -0.4 is 5.32 Å². The SMILES string of the molecule is CCNc1nc(-c2ncc(Cl)cc2Cl)no1. The molecule has 0 aliphatic heterocycles. The fourth-order valence-corrected chi connectivity index (χ4v) is 1.59. The van der Waals surface area contributed by atoms with Crippen molar-refractivity contribution in [3.63, 3.8) is 0 Å². The molecule has 0 fully saturated rings. The van der Waals surface area contributed by atoms with E-state index in [0.29, 0.717) is 34.1 Å². The molecule has 84 valence electrons. The predicted octanol–water partition coefficient (Wildman–Crippen LogP) is 2.87. The highest BCUT2D eigenvalue weighted by atomic mass is 35.5. The van der Waals surface area contributed by atoms with Crippen molar-refractivity contribution >= 4 is 29.2 Å². The molecule has 0 saturated heterocycles. The summed E-state index contributed by atoms with van der Waals surface area (Å²) < 4.78 is 4.94. The summed E-state index contributed by atoms with van der Waals surface area (Å²) in [6, 6.07) is 1.92. The fraction of sp³-hybridized carbons (Fsp3) is 0.222. The van der Waals surface area contributed by atoms with Gasteiger partial charge in [-0.1, -0.05) is 28.4 Å². The lowest BCUT2D eigenvalue weighted by Gasteiger charge is -1.97. The minimum absolute atomic E-state index is 0.331. The van der Waals surface area contributed by atoms with Crippen LogP contribution in [0.3, 0.4) is 0 Å². The zero-order valence-electron chi connectivity index (χ0n) is 8.37. The van der Waals surface area contributed by atoms with Gasteiger partial charge in [-0.2, -0.15) is 4.98 Å². The number of hydrogen-bond donors (Lipinski definition) is 1. The molecule has 2 aromatic heterocycles. The molecule has 0 saturated carbocycles. The molecule has 2 aromatic rings. The molecule has 2 heterocycles. The zero-order chi connectivity index (χ0) is 11.5. The summed E-state index contributed by atoms with van der Waals surface area (Å²) in [5, 5.41) is 7.50. The number of halogens is 2. The van der Waals surface area contributed by atoms with Crippen LogP contribution in [0.1, 0.15) is 6.92 Å². The zero-order valence-corrected chi connectivity index (χ0v) is 9.88. The third-order valence-electron chi connectivity index (χ3n) is 1.77. The van der Waals surface area contributed by atoms with Crippen LogP contribution in [0.15, 0.2) is 16.8 Å². The van der Waals surface area contributed by atoms with Gasteiger partial charge in [0.1, 0.15) is 5.69 Å². The van der Waals surface area contributed by atoms with Gasteiger partial charge in [0.05, 0.1) is 10.0 Å². The topological polar surface area (TPSA) is 63.8 Å². The number of rotatable bonds is 3. The van der Waals surface area contributed by atoms with Gasteiger partial charge in [-0.3, -0.25) is 0 Å². The number of aromatic nitrogens is 3. The van der Waals surface area contributed by atoms with Crippen molar-refractivity contribution < 1.29 is 4.52 Å². The summed E-state index contributed by atoms with van der Waals surface area (Å²) >= 11 is 11.7. The maximum absolute atomic E-state index is 5.96. The monoisotopic (exact) mass is 258 g/mol. The molecule has 1 N–H and O–H groups in total. The molecule has 5 nitrogen and oxygen atoms in total. The van der Waals surface area contributed by atoms with E-state index in [2.05, 4.69) is 20.4 Å². The average molecular weight is 259 g/mol. The van der Waals surface area contributed by atoms with Gasteiger partial charge in [-0.05, 0) is 13.0 Å². The molecule has 0 unspecified atom stereocenters. The molecule has 0 bridgehead atoms. The van der Waals surface area contributed by atoms with Crippen molar-refractivity contribution in [3.8, 4) is 11.5 Å². The van der Waals surface area contributed by atoms with Crippen LogP contribution in [0.2, 0.25) is 10.0 Å². The Balaban J connectivity index is 2.35. The number of nitrogens with zero attached hydrogens (tertiary/aromatic N) is 3. The summed E-state index contributed by atoms with van der Waals surface area (Å²) in [5.74, 6) is 0.331. The summed E-state index contributed by atoms with van der Waals surface area (Å²) in [6.07, 6.45) is 1.48. The lowest BCUT2D eigenvalue weighted by Crippen LogP contribution is -1.96. The van der Waals surface area contributed by atoms with E-state index >= 15 is 0 Å². The molecule has 2 rings (SSSR count). The second-order valence-corrected chi connectivity index (χ2v) is 3.78. The summed E-state index contributed by atoms with van der Waals surface area (Å²) in [4.78, 5) is 8.13. The van der Waals surface area contributed by atoms with Crippen molar-refractivity contribution in [2.75, 3.05) is 11.9 Å². The molecule has 0 aliphatic rings. The second-order valence-electron chi connectivity index (χ2n) is 2.94. The van der Waals surface area contributed by atoms with Gasteiger partial charge < -0.3 is 9.84 Å². The van der Waals surface area contributed by atoms with Gasteiger partial charge in [-0.25, -0.2) is 4.98 Å². The third-order valence-corrected chi connectivity index (χ3v) is 2.27. The van der Waals surface area contributed by atoms with Gasteiger partial charge in [0.2, 0.25) is 5.82 Å². The second kappa shape index (κ2) is 4.67. The van der Waals surface area contributed by atoms with Crippen LogP contribution in [-0.2, 0) is 0 Å². The first-order valence-corrected chi connectivity index (χ1v) is 5.35. The Bertz CT molecular complexity index is 500. The van der Waals surface area contributed by atoms with E-state index in [1.807, 2.05) is 6.92 Å². The third kappa shape index (κ3) is 2.25. The first-order valence-electron chi connectivity index (χ1n) is 4.59. The van der Waals surface area contributed by atoms with Crippen LogP contribution >= 0.6 is 23.2 Å². The van der Waals surface area contributed by atoms with Crippen LogP contribution in [-0.4, -0.2) is 21.7 Å². The molecule has 0 amide bonds. The van der Waals surface area contributed by atoms with Gasteiger partial charge >= 0.3 is 6.01 Å². The van der Waals surface area contributed by atoms with Gasteiger partial charge in [0, 0.05) is 12.7 Å². The predicted molar refractivity (Wildman–Crippen MR) is 61.7 cm³/mol. The lowest BCUT2D eigenvalue weighted by molar-refractivity contribution is 0.432. The van der Waals surface area contributed by atoms with E-state index in [1.54, 1.807) is 6.07 Å². The van der Waals surface area contributed by atoms with E-state index < -0.39 is 0 Å². The van der Waals surface area contributed by atoms with Crippen molar-refractivity contribution in [3.05, 3.63) is 22.3 Å². The molecule has 0 aliphatic carbocycles. The number of pyridine rings is 1. The maximum Gasteiger partial charge on any atom is 0.321 e. The van der Waals surface area contributed by atoms with E-state index in [1.165, 1.54) is 6.20 Å². The molecule has 0 atom stereocenters. The molecular weight excluding hydrogens is 251 g/mol. The van der Waals surface area contributed by atoms with E-state index in [9.17, 15) is 0 Å². The van der Waals surface area contributed by atoms with Crippen molar-refractivity contribution in [1.82, 2.24) is 15.1 Å². The standard InChI is InChI=1S/C9H8Cl2N4O/c1-2-12-9-14-8(15-16-9)7-6(11)3-5(10)4-13-7/h3-4H,2H2,1H3,(H,12,14,15). The van der Waals surface area contributed by atoms with Gasteiger partial charge in [-0.15, -0.1) is 0 Å². The minimum atomic E-state index is 0.331. The van der Waals surface area contributed by atoms with Crippen LogP contribution in [0.4, 0.5) is 6.01 Å². The van der Waals surface area contributed by atoms with Crippen LogP contribution in [0, 0.1) is 0 Å². The first kappa shape index (κ1) is 11.2. The van der Waals surface area contributed by atoms with Crippen LogP contribution in [0.25, 0.3) is 11.5 Å². The lowest BCUT2D eigenvalue weighted by atomic mass is 10.3. The highest BCUT2D eigenvalue weighted by molar-refractivity contribution is 6.35. The Morgan fingerprint density at radius 1 is 1.44 bits per heavy atom. The largest absolute Gasteiger partial charge is 0.338 e. The quantitative estimate of drug-likeness (QED) is 0.918. The molecular formula is C9H8Cl2N4O. The Morgan fingerprint density at radius 2 is 2.25 bits per heavy atom. The Hall–Kier alpha value is -1.33. The van der Waals surface area contributed by atoms with Gasteiger partial charge in [0.25, 0.3) is 0 Å². The molecule has 0 spiro atoms. The average Bonchev–Trinajstić information content (AvgIpc) is 2.67. The smallest absolute Gasteiger partial charge is 0.321 e. The van der Waals surface area contributed by atoms with Crippen molar-refractivity contribution in [2.24, 2.45) is 0 Å². The number of nitrogens with one attached hydrogen (secondary N) is 1. The summed E-state index contributed by atoms with van der Waals surface area (Å²) in [5.41, 5.74) is 0.443. The van der Waals surface area contributed by atoms with Crippen LogP contribution in [0.5, 0.6) is 0 Å². The highest BCUT2D eigenvalue weighted by Gasteiger charge is 2.13. The van der Waals surface area contributed by atoms with E-state index in [-0.39, 0.29) is 0 Å². The number of anilines is 1. The first-order chi connectivity index (χ1) is 7.70. The molecule has 16 heavy (non-hydrogen) atoms. The maximum atomic E-state index is 5.96. The van der Waals surface area contributed by atoms with E-state index in [0.717, 1.165) is 0 Å². The number of hydrogen-bond acceptors (Lipinski definition) is 5.